The highest BCUT2D eigenvalue weighted by atomic mass is 16.6. The third kappa shape index (κ3) is 2.10. The van der Waals surface area contributed by atoms with E-state index in [0.717, 1.165) is 0 Å². The van der Waals surface area contributed by atoms with Gasteiger partial charge in [0.2, 0.25) is 0 Å². The lowest BCUT2D eigenvalue weighted by molar-refractivity contribution is -0.319. The zero-order valence-electron chi connectivity index (χ0n) is 20.9. The molecule has 12 atom stereocenters. The topological polar surface area (TPSA) is 132 Å². The van der Waals surface area contributed by atoms with Gasteiger partial charge in [0, 0.05) is 34.1 Å². The van der Waals surface area contributed by atoms with Crippen molar-refractivity contribution in [1.29, 1.82) is 0 Å². The van der Waals surface area contributed by atoms with Crippen LogP contribution in [0.1, 0.15) is 58.1 Å². The number of rotatable bonds is 3. The average Bonchev–Trinajstić information content (AvgIpc) is 3.44. The monoisotopic (exact) mass is 500 g/mol. The molecule has 6 fully saturated rings. The second-order valence-electron chi connectivity index (χ2n) is 12.8. The molecule has 2 aliphatic heterocycles. The Bertz CT molecular complexity index is 1190. The number of aliphatic hydroxyl groups is 2. The molecule has 0 aromatic carbocycles. The Morgan fingerprint density at radius 3 is 2.58 bits per heavy atom. The normalized spacial score (nSPS) is 55.9. The van der Waals surface area contributed by atoms with Crippen molar-refractivity contribution in [3.05, 3.63) is 24.2 Å². The second kappa shape index (κ2) is 6.42. The molecule has 0 amide bonds. The predicted octanol–water partition coefficient (Wildman–Crippen LogP) is 1.95. The van der Waals surface area contributed by atoms with Crippen molar-refractivity contribution in [3.8, 4) is 0 Å². The number of esters is 2. The summed E-state index contributed by atoms with van der Waals surface area (Å²) in [6.07, 6.45) is 1.39. The van der Waals surface area contributed by atoms with E-state index in [1.165, 1.54) is 13.4 Å². The lowest BCUT2D eigenvalue weighted by atomic mass is 9.45. The van der Waals surface area contributed by atoms with Crippen molar-refractivity contribution < 1.29 is 43.2 Å². The number of carbonyl (C=O) groups is 3. The number of methoxy groups -OCH3 is 1. The third-order valence-electron chi connectivity index (χ3n) is 11.8. The van der Waals surface area contributed by atoms with E-state index in [2.05, 4.69) is 0 Å². The maximum Gasteiger partial charge on any atom is 0.336 e. The molecule has 4 aliphatic carbocycles. The molecule has 4 saturated carbocycles. The number of Topliss-reactive ketones (excluding diaryl/α,β-unsaturated/α-hetero) is 1. The standard InChI is InChI=1S/C27H32O9/c1-23-7-5-13-25(3)14(9-15(28)33-4)24(2)11-26(25,31)19-16(20(24)29)35-17(18(23)27(13,19)32)22(30)36-21(23)12-6-8-34-10-12/h6,8,10,13-14,16-19,21,31-32H,5,7,9,11H2,1-4H3/t13-,14+,16-,17+,18-,19+,21+,23-,24-,25-,26+,27+/m1/s1. The fourth-order valence-electron chi connectivity index (χ4n) is 10.5. The molecule has 3 heterocycles. The minimum atomic E-state index is -1.56. The third-order valence-corrected chi connectivity index (χ3v) is 11.8. The van der Waals surface area contributed by atoms with Crippen molar-refractivity contribution in [2.75, 3.05) is 7.11 Å². The van der Waals surface area contributed by atoms with Gasteiger partial charge in [-0.25, -0.2) is 4.79 Å². The summed E-state index contributed by atoms with van der Waals surface area (Å²) in [7, 11) is 1.31. The molecule has 9 heteroatoms. The molecule has 0 spiro atoms. The molecule has 2 bridgehead atoms. The van der Waals surface area contributed by atoms with E-state index >= 15 is 0 Å². The molecule has 0 radical (unpaired) electrons. The molecule has 36 heavy (non-hydrogen) atoms. The van der Waals surface area contributed by atoms with Gasteiger partial charge in [0.1, 0.15) is 12.2 Å². The van der Waals surface area contributed by atoms with Crippen LogP contribution in [-0.4, -0.2) is 58.5 Å². The molecule has 2 N–H and O–H groups in total. The van der Waals surface area contributed by atoms with Crippen LogP contribution in [0.5, 0.6) is 0 Å². The maximum atomic E-state index is 14.1. The molecular weight excluding hydrogens is 468 g/mol. The maximum absolute atomic E-state index is 14.1. The second-order valence-corrected chi connectivity index (χ2v) is 12.8. The molecule has 1 aromatic heterocycles. The Labute approximate surface area is 208 Å². The van der Waals surface area contributed by atoms with Crippen molar-refractivity contribution in [2.24, 2.45) is 39.9 Å². The van der Waals surface area contributed by atoms with Crippen molar-refractivity contribution in [1.82, 2.24) is 0 Å². The summed E-state index contributed by atoms with van der Waals surface area (Å²) in [5, 5.41) is 25.4. The number of ketones is 1. The average molecular weight is 501 g/mol. The predicted molar refractivity (Wildman–Crippen MR) is 120 cm³/mol. The van der Waals surface area contributed by atoms with E-state index in [0.29, 0.717) is 18.4 Å². The van der Waals surface area contributed by atoms with Gasteiger partial charge in [0.05, 0.1) is 36.8 Å². The van der Waals surface area contributed by atoms with Gasteiger partial charge < -0.3 is 28.8 Å². The van der Waals surface area contributed by atoms with Gasteiger partial charge in [0.15, 0.2) is 11.9 Å². The van der Waals surface area contributed by atoms with Crippen LogP contribution >= 0.6 is 0 Å². The number of fused-ring (bicyclic) bond motifs is 2. The minimum absolute atomic E-state index is 0.0331. The Morgan fingerprint density at radius 2 is 1.92 bits per heavy atom. The molecule has 1 aromatic rings. The zero-order chi connectivity index (χ0) is 25.6. The molecule has 7 rings (SSSR count). The largest absolute Gasteiger partial charge is 0.472 e. The van der Waals surface area contributed by atoms with Gasteiger partial charge in [0.25, 0.3) is 0 Å². The van der Waals surface area contributed by atoms with Gasteiger partial charge in [-0.2, -0.15) is 0 Å². The number of ether oxygens (including phenoxy) is 3. The van der Waals surface area contributed by atoms with Crippen LogP contribution in [0, 0.1) is 39.9 Å². The molecule has 6 aliphatic rings. The van der Waals surface area contributed by atoms with Gasteiger partial charge in [-0.1, -0.05) is 20.8 Å². The first kappa shape index (κ1) is 22.9. The summed E-state index contributed by atoms with van der Waals surface area (Å²) in [5.41, 5.74) is -5.02. The van der Waals surface area contributed by atoms with Gasteiger partial charge in [-0.15, -0.1) is 0 Å². The highest BCUT2D eigenvalue weighted by molar-refractivity contribution is 5.94. The number of carbonyl (C=O) groups excluding carboxylic acids is 3. The van der Waals surface area contributed by atoms with Crippen LogP contribution < -0.4 is 0 Å². The van der Waals surface area contributed by atoms with E-state index in [-0.39, 0.29) is 18.6 Å². The first-order valence-corrected chi connectivity index (χ1v) is 12.8. The molecule has 194 valence electrons. The molecule has 0 unspecified atom stereocenters. The molecule has 2 saturated heterocycles. The van der Waals surface area contributed by atoms with Crippen molar-refractivity contribution in [2.45, 2.75) is 76.0 Å². The zero-order valence-corrected chi connectivity index (χ0v) is 20.9. The van der Waals surface area contributed by atoms with Gasteiger partial charge in [-0.3, -0.25) is 9.59 Å². The van der Waals surface area contributed by atoms with Crippen LogP contribution in [0.15, 0.2) is 23.0 Å². The van der Waals surface area contributed by atoms with E-state index in [1.807, 2.05) is 13.8 Å². The molecule has 9 nitrogen and oxygen atoms in total. The van der Waals surface area contributed by atoms with Crippen LogP contribution in [0.4, 0.5) is 0 Å². The fraction of sp³-hybridized carbons (Fsp3) is 0.741. The smallest absolute Gasteiger partial charge is 0.336 e. The summed E-state index contributed by atoms with van der Waals surface area (Å²) >= 11 is 0. The molecular formula is C27H32O9. The Morgan fingerprint density at radius 1 is 1.17 bits per heavy atom. The number of cyclic esters (lactones) is 1. The first-order chi connectivity index (χ1) is 16.9. The van der Waals surface area contributed by atoms with Crippen molar-refractivity contribution >= 4 is 17.7 Å². The summed E-state index contributed by atoms with van der Waals surface area (Å²) in [4.78, 5) is 40.1. The van der Waals surface area contributed by atoms with Gasteiger partial charge in [-0.05, 0) is 37.2 Å². The van der Waals surface area contributed by atoms with Crippen LogP contribution in [0.3, 0.4) is 0 Å². The minimum Gasteiger partial charge on any atom is -0.472 e. The van der Waals surface area contributed by atoms with E-state index < -0.39 is 81.4 Å². The highest BCUT2D eigenvalue weighted by Gasteiger charge is 2.91. The van der Waals surface area contributed by atoms with E-state index in [9.17, 15) is 24.6 Å². The lowest BCUT2D eigenvalue weighted by Crippen LogP contribution is -2.76. The fourth-order valence-corrected chi connectivity index (χ4v) is 10.5. The highest BCUT2D eigenvalue weighted by Crippen LogP contribution is 2.82. The lowest BCUT2D eigenvalue weighted by Gasteiger charge is -2.66. The number of furan rings is 1. The summed E-state index contributed by atoms with van der Waals surface area (Å²) in [5.74, 6) is -3.91. The summed E-state index contributed by atoms with van der Waals surface area (Å²) in [6, 6.07) is 1.76. The summed E-state index contributed by atoms with van der Waals surface area (Å²) in [6.45, 7) is 5.71. The summed E-state index contributed by atoms with van der Waals surface area (Å²) < 4.78 is 22.5. The Hall–Kier alpha value is -2.23. The van der Waals surface area contributed by atoms with E-state index in [4.69, 9.17) is 18.6 Å². The Balaban J connectivity index is 1.45. The first-order valence-electron chi connectivity index (χ1n) is 12.8. The number of hydrogen-bond donors (Lipinski definition) is 2. The van der Waals surface area contributed by atoms with Crippen molar-refractivity contribution in [3.63, 3.8) is 0 Å². The Kier molecular flexibility index (Phi) is 4.09. The van der Waals surface area contributed by atoms with Crippen LogP contribution in [-0.2, 0) is 28.6 Å². The van der Waals surface area contributed by atoms with E-state index in [1.54, 1.807) is 19.3 Å². The van der Waals surface area contributed by atoms with Gasteiger partial charge >= 0.3 is 11.9 Å². The van der Waals surface area contributed by atoms with Crippen LogP contribution in [0.2, 0.25) is 0 Å². The quantitative estimate of drug-likeness (QED) is 0.598. The number of hydrogen-bond acceptors (Lipinski definition) is 9. The van der Waals surface area contributed by atoms with Crippen LogP contribution in [0.25, 0.3) is 0 Å². The SMILES string of the molecule is COC(=O)C[C@@H]1[C@@]2(C)[C@H]3CC[C@]4(C)[C@H]5[C@H](O[C@H]6C(=O)[C@]1(C)C[C@]2(O)[C@H]6[C@@]53O)C(=O)O[C@H]4c1ccoc1.